The van der Waals surface area contributed by atoms with Gasteiger partial charge in [-0.05, 0) is 42.7 Å². The smallest absolute Gasteiger partial charge is 0.189 e. The van der Waals surface area contributed by atoms with Crippen molar-refractivity contribution < 1.29 is 4.74 Å². The van der Waals surface area contributed by atoms with E-state index in [0.717, 1.165) is 17.1 Å². The number of nitrogens with two attached hydrogens (primary N) is 1. The molecule has 1 fully saturated rings. The molecule has 0 radical (unpaired) electrons. The van der Waals surface area contributed by atoms with Crippen LogP contribution < -0.4 is 15.8 Å². The number of nitrogens with one attached hydrogen (secondary N) is 1. The van der Waals surface area contributed by atoms with Crippen LogP contribution in [0, 0.1) is 0 Å². The number of hydrogen-bond acceptors (Lipinski definition) is 2. The normalized spacial score (nSPS) is 14.1. The van der Waals surface area contributed by atoms with Crippen molar-refractivity contribution in [2.45, 2.75) is 25.4 Å². The van der Waals surface area contributed by atoms with E-state index in [-0.39, 0.29) is 24.0 Å². The zero-order valence-corrected chi connectivity index (χ0v) is 14.6. The highest BCUT2D eigenvalue weighted by Crippen LogP contribution is 2.21. The SMILES string of the molecule is I.NC(=NCc1ccc(Oc2ccccc2)cc1)NC1CC1. The molecule has 1 aliphatic rings. The summed E-state index contributed by atoms with van der Waals surface area (Å²) in [5, 5.41) is 3.17. The molecule has 2 aromatic carbocycles. The van der Waals surface area contributed by atoms with Gasteiger partial charge in [0.05, 0.1) is 6.54 Å². The fourth-order valence-corrected chi connectivity index (χ4v) is 1.95. The second-order valence-corrected chi connectivity index (χ2v) is 5.18. The second-order valence-electron chi connectivity index (χ2n) is 5.18. The second kappa shape index (κ2) is 8.03. The van der Waals surface area contributed by atoms with Gasteiger partial charge in [0.25, 0.3) is 0 Å². The minimum absolute atomic E-state index is 0. The summed E-state index contributed by atoms with van der Waals surface area (Å²) in [4.78, 5) is 4.33. The molecule has 0 aromatic heterocycles. The van der Waals surface area contributed by atoms with Crippen LogP contribution in [0.1, 0.15) is 18.4 Å². The van der Waals surface area contributed by atoms with E-state index in [4.69, 9.17) is 10.5 Å². The molecular weight excluding hydrogens is 389 g/mol. The number of rotatable bonds is 5. The predicted molar refractivity (Wildman–Crippen MR) is 99.9 cm³/mol. The highest BCUT2D eigenvalue weighted by Gasteiger charge is 2.21. The van der Waals surface area contributed by atoms with Gasteiger partial charge >= 0.3 is 0 Å². The first-order valence-corrected chi connectivity index (χ1v) is 7.18. The number of aliphatic imine (C=N–C) groups is 1. The summed E-state index contributed by atoms with van der Waals surface area (Å²) in [6.45, 7) is 0.581. The van der Waals surface area contributed by atoms with Gasteiger partial charge in [-0.15, -0.1) is 24.0 Å². The van der Waals surface area contributed by atoms with Crippen molar-refractivity contribution in [2.75, 3.05) is 0 Å². The minimum Gasteiger partial charge on any atom is -0.457 e. The lowest BCUT2D eigenvalue weighted by molar-refractivity contribution is 0.482. The Kier molecular flexibility index (Phi) is 6.06. The maximum absolute atomic E-state index is 5.81. The third-order valence-electron chi connectivity index (χ3n) is 3.26. The van der Waals surface area contributed by atoms with Crippen molar-refractivity contribution >= 4 is 29.9 Å². The van der Waals surface area contributed by atoms with Gasteiger partial charge in [-0.1, -0.05) is 30.3 Å². The molecule has 1 saturated carbocycles. The molecule has 3 rings (SSSR count). The molecule has 0 aliphatic heterocycles. The van der Waals surface area contributed by atoms with E-state index in [1.165, 1.54) is 12.8 Å². The monoisotopic (exact) mass is 409 g/mol. The number of nitrogens with zero attached hydrogens (tertiary/aromatic N) is 1. The largest absolute Gasteiger partial charge is 0.457 e. The van der Waals surface area contributed by atoms with Gasteiger partial charge in [-0.2, -0.15) is 0 Å². The van der Waals surface area contributed by atoms with Crippen molar-refractivity contribution in [1.82, 2.24) is 5.32 Å². The first-order valence-electron chi connectivity index (χ1n) is 7.18. The van der Waals surface area contributed by atoms with Crippen LogP contribution in [0.15, 0.2) is 59.6 Å². The number of ether oxygens (including phenoxy) is 1. The minimum atomic E-state index is 0. The molecule has 3 N–H and O–H groups in total. The molecule has 0 heterocycles. The zero-order chi connectivity index (χ0) is 14.5. The Labute approximate surface area is 147 Å². The molecule has 4 nitrogen and oxygen atoms in total. The molecule has 2 aromatic rings. The average molecular weight is 409 g/mol. The van der Waals surface area contributed by atoms with E-state index in [2.05, 4.69) is 10.3 Å². The molecule has 0 bridgehead atoms. The Hall–Kier alpha value is -1.76. The summed E-state index contributed by atoms with van der Waals surface area (Å²) in [5.41, 5.74) is 6.92. The summed E-state index contributed by atoms with van der Waals surface area (Å²) in [7, 11) is 0. The van der Waals surface area contributed by atoms with Crippen LogP contribution in [0.3, 0.4) is 0 Å². The van der Waals surface area contributed by atoms with Gasteiger partial charge < -0.3 is 15.8 Å². The Balaban J connectivity index is 0.00000176. The van der Waals surface area contributed by atoms with E-state index < -0.39 is 0 Å². The molecule has 0 saturated heterocycles. The van der Waals surface area contributed by atoms with Gasteiger partial charge in [0.15, 0.2) is 5.96 Å². The van der Waals surface area contributed by atoms with E-state index >= 15 is 0 Å². The fourth-order valence-electron chi connectivity index (χ4n) is 1.95. The standard InChI is InChI=1S/C17H19N3O.HI/c18-17(20-14-8-9-14)19-12-13-6-10-16(11-7-13)21-15-4-2-1-3-5-15;/h1-7,10-11,14H,8-9,12H2,(H3,18,19,20);1H. The fraction of sp³-hybridized carbons (Fsp3) is 0.235. The maximum Gasteiger partial charge on any atom is 0.189 e. The Morgan fingerprint density at radius 3 is 2.32 bits per heavy atom. The summed E-state index contributed by atoms with van der Waals surface area (Å²) >= 11 is 0. The van der Waals surface area contributed by atoms with Crippen LogP contribution in [0.25, 0.3) is 0 Å². The average Bonchev–Trinajstić information content (AvgIpc) is 3.32. The van der Waals surface area contributed by atoms with Gasteiger partial charge in [-0.25, -0.2) is 4.99 Å². The van der Waals surface area contributed by atoms with Gasteiger partial charge in [0.1, 0.15) is 11.5 Å². The summed E-state index contributed by atoms with van der Waals surface area (Å²) in [6.07, 6.45) is 2.39. The highest BCUT2D eigenvalue weighted by atomic mass is 127. The molecule has 0 unspecified atom stereocenters. The summed E-state index contributed by atoms with van der Waals surface area (Å²) in [5.74, 6) is 2.18. The van der Waals surface area contributed by atoms with Crippen molar-refractivity contribution in [2.24, 2.45) is 10.7 Å². The number of para-hydroxylation sites is 1. The highest BCUT2D eigenvalue weighted by molar-refractivity contribution is 14.0. The zero-order valence-electron chi connectivity index (χ0n) is 12.2. The molecule has 0 amide bonds. The molecule has 0 atom stereocenters. The van der Waals surface area contributed by atoms with Crippen molar-refractivity contribution in [1.29, 1.82) is 0 Å². The van der Waals surface area contributed by atoms with E-state index in [0.29, 0.717) is 18.5 Å². The number of benzene rings is 2. The number of hydrogen-bond donors (Lipinski definition) is 2. The van der Waals surface area contributed by atoms with Crippen LogP contribution in [0.2, 0.25) is 0 Å². The summed E-state index contributed by atoms with van der Waals surface area (Å²) < 4.78 is 5.75. The Morgan fingerprint density at radius 1 is 1.05 bits per heavy atom. The van der Waals surface area contributed by atoms with Crippen LogP contribution in [0.4, 0.5) is 0 Å². The third-order valence-corrected chi connectivity index (χ3v) is 3.26. The van der Waals surface area contributed by atoms with Crippen LogP contribution in [-0.4, -0.2) is 12.0 Å². The van der Waals surface area contributed by atoms with Crippen molar-refractivity contribution in [3.05, 3.63) is 60.2 Å². The molecule has 1 aliphatic carbocycles. The summed E-state index contributed by atoms with van der Waals surface area (Å²) in [6, 6.07) is 18.2. The van der Waals surface area contributed by atoms with Gasteiger partial charge in [-0.3, -0.25) is 0 Å². The first kappa shape index (κ1) is 16.6. The third kappa shape index (κ3) is 5.22. The quantitative estimate of drug-likeness (QED) is 0.450. The van der Waals surface area contributed by atoms with Crippen molar-refractivity contribution in [3.8, 4) is 11.5 Å². The topological polar surface area (TPSA) is 59.6 Å². The predicted octanol–water partition coefficient (Wildman–Crippen LogP) is 3.66. The lowest BCUT2D eigenvalue weighted by Crippen LogP contribution is -2.33. The van der Waals surface area contributed by atoms with Crippen LogP contribution in [-0.2, 0) is 6.54 Å². The molecule has 116 valence electrons. The molecule has 22 heavy (non-hydrogen) atoms. The Bertz CT molecular complexity index is 610. The molecule has 0 spiro atoms. The van der Waals surface area contributed by atoms with Gasteiger partial charge in [0.2, 0.25) is 0 Å². The number of halogens is 1. The molecular formula is C17H20IN3O. The number of guanidine groups is 1. The van der Waals surface area contributed by atoms with Crippen LogP contribution >= 0.6 is 24.0 Å². The first-order chi connectivity index (χ1) is 10.3. The molecule has 5 heteroatoms. The maximum atomic E-state index is 5.81. The van der Waals surface area contributed by atoms with Crippen molar-refractivity contribution in [3.63, 3.8) is 0 Å². The van der Waals surface area contributed by atoms with E-state index in [1.807, 2.05) is 54.6 Å². The van der Waals surface area contributed by atoms with Crippen LogP contribution in [0.5, 0.6) is 11.5 Å². The van der Waals surface area contributed by atoms with E-state index in [9.17, 15) is 0 Å². The van der Waals surface area contributed by atoms with E-state index in [1.54, 1.807) is 0 Å². The lowest BCUT2D eigenvalue weighted by atomic mass is 10.2. The lowest BCUT2D eigenvalue weighted by Gasteiger charge is -2.06. The Morgan fingerprint density at radius 2 is 1.68 bits per heavy atom. The van der Waals surface area contributed by atoms with Gasteiger partial charge in [0, 0.05) is 6.04 Å².